The number of aryl methyl sites for hydroxylation is 1. The van der Waals surface area contributed by atoms with Crippen molar-refractivity contribution in [3.8, 4) is 5.75 Å². The third-order valence-corrected chi connectivity index (χ3v) is 4.32. The molecule has 0 amide bonds. The molecule has 142 valence electrons. The monoisotopic (exact) mass is 375 g/mol. The molecule has 7 heteroatoms. The molecule has 0 aliphatic heterocycles. The van der Waals surface area contributed by atoms with Gasteiger partial charge in [-0.15, -0.1) is 0 Å². The predicted molar refractivity (Wildman–Crippen MR) is 101 cm³/mol. The van der Waals surface area contributed by atoms with Gasteiger partial charge in [0.15, 0.2) is 0 Å². The number of nitrogens with zero attached hydrogens (tertiary/aromatic N) is 1. The van der Waals surface area contributed by atoms with Gasteiger partial charge in [0.1, 0.15) is 5.75 Å². The minimum atomic E-state index is -4.44. The first-order valence-corrected chi connectivity index (χ1v) is 8.37. The van der Waals surface area contributed by atoms with Crippen molar-refractivity contribution in [2.45, 2.75) is 26.1 Å². The van der Waals surface area contributed by atoms with Crippen molar-refractivity contribution in [3.05, 3.63) is 59.3 Å². The quantitative estimate of drug-likeness (QED) is 0.606. The van der Waals surface area contributed by atoms with Crippen LogP contribution in [0.15, 0.2) is 42.5 Å². The van der Waals surface area contributed by atoms with E-state index in [2.05, 4.69) is 10.3 Å². The third kappa shape index (κ3) is 4.07. The van der Waals surface area contributed by atoms with Crippen molar-refractivity contribution in [1.82, 2.24) is 4.98 Å². The van der Waals surface area contributed by atoms with Crippen LogP contribution in [-0.2, 0) is 6.18 Å². The molecule has 3 rings (SSSR count). The van der Waals surface area contributed by atoms with Gasteiger partial charge in [-0.05, 0) is 55.8 Å². The zero-order valence-corrected chi connectivity index (χ0v) is 15.2. The van der Waals surface area contributed by atoms with Crippen LogP contribution in [0.25, 0.3) is 10.9 Å². The molecule has 1 aromatic heterocycles. The first kappa shape index (κ1) is 18.8. The van der Waals surface area contributed by atoms with Crippen LogP contribution in [0.1, 0.15) is 29.8 Å². The summed E-state index contributed by atoms with van der Waals surface area (Å²) in [7, 11) is 1.58. The summed E-state index contributed by atoms with van der Waals surface area (Å²) in [5.74, 6) is 0.685. The summed E-state index contributed by atoms with van der Waals surface area (Å²) in [6.07, 6.45) is -4.44. The van der Waals surface area contributed by atoms with E-state index < -0.39 is 11.7 Å². The normalized spacial score (nSPS) is 12.8. The Balaban J connectivity index is 1.99. The molecule has 0 bridgehead atoms. The standard InChI is InChI=1S/C20H20F3N3O/c1-11-6-18(17-5-4-16(27-3)10-19(17)25-11)26-12(2)13-7-14(20(21,22)23)9-15(24)8-13/h4-10,12H,24H2,1-3H3,(H,25,26). The van der Waals surface area contributed by atoms with Crippen molar-refractivity contribution in [2.75, 3.05) is 18.2 Å². The molecule has 2 aromatic carbocycles. The molecule has 0 fully saturated rings. The summed E-state index contributed by atoms with van der Waals surface area (Å²) in [6, 6.07) is 10.6. The van der Waals surface area contributed by atoms with E-state index in [0.29, 0.717) is 11.3 Å². The lowest BCUT2D eigenvalue weighted by atomic mass is 10.0. The van der Waals surface area contributed by atoms with E-state index >= 15 is 0 Å². The van der Waals surface area contributed by atoms with Crippen molar-refractivity contribution in [1.29, 1.82) is 0 Å². The lowest BCUT2D eigenvalue weighted by Crippen LogP contribution is -2.11. The zero-order valence-electron chi connectivity index (χ0n) is 15.2. The number of nitrogen functional groups attached to an aromatic ring is 1. The highest BCUT2D eigenvalue weighted by Gasteiger charge is 2.31. The maximum atomic E-state index is 13.1. The maximum Gasteiger partial charge on any atom is 0.416 e. The molecule has 4 nitrogen and oxygen atoms in total. The summed E-state index contributed by atoms with van der Waals surface area (Å²) in [5, 5.41) is 4.14. The van der Waals surface area contributed by atoms with Gasteiger partial charge in [-0.25, -0.2) is 0 Å². The highest BCUT2D eigenvalue weighted by atomic mass is 19.4. The summed E-state index contributed by atoms with van der Waals surface area (Å²) >= 11 is 0. The fourth-order valence-corrected chi connectivity index (χ4v) is 2.99. The van der Waals surface area contributed by atoms with Gasteiger partial charge < -0.3 is 15.8 Å². The van der Waals surface area contributed by atoms with Crippen LogP contribution in [0.5, 0.6) is 5.75 Å². The van der Waals surface area contributed by atoms with E-state index in [0.717, 1.165) is 34.4 Å². The molecular weight excluding hydrogens is 355 g/mol. The summed E-state index contributed by atoms with van der Waals surface area (Å²) in [4.78, 5) is 4.50. The average Bonchev–Trinajstić information content (AvgIpc) is 2.59. The Morgan fingerprint density at radius 2 is 1.85 bits per heavy atom. The number of fused-ring (bicyclic) bond motifs is 1. The van der Waals surface area contributed by atoms with Crippen LogP contribution in [0.4, 0.5) is 24.5 Å². The highest BCUT2D eigenvalue weighted by Crippen LogP contribution is 2.34. The molecular formula is C20H20F3N3O. The SMILES string of the molecule is COc1ccc2c(NC(C)c3cc(N)cc(C(F)(F)F)c3)cc(C)nc2c1. The van der Waals surface area contributed by atoms with Crippen LogP contribution in [0.2, 0.25) is 0 Å². The summed E-state index contributed by atoms with van der Waals surface area (Å²) < 4.78 is 44.5. The Labute approximate surface area is 155 Å². The number of alkyl halides is 3. The highest BCUT2D eigenvalue weighted by molar-refractivity contribution is 5.92. The maximum absolute atomic E-state index is 13.1. The Bertz CT molecular complexity index is 986. The van der Waals surface area contributed by atoms with Crippen LogP contribution < -0.4 is 15.8 Å². The minimum absolute atomic E-state index is 0.0778. The van der Waals surface area contributed by atoms with Gasteiger partial charge >= 0.3 is 6.18 Å². The molecule has 0 spiro atoms. The van der Waals surface area contributed by atoms with Crippen LogP contribution in [0, 0.1) is 6.92 Å². The topological polar surface area (TPSA) is 60.2 Å². The van der Waals surface area contributed by atoms with Crippen molar-refractivity contribution in [2.24, 2.45) is 0 Å². The van der Waals surface area contributed by atoms with Crippen LogP contribution in [0.3, 0.4) is 0 Å². The summed E-state index contributed by atoms with van der Waals surface area (Å²) in [5.41, 5.74) is 7.77. The van der Waals surface area contributed by atoms with Crippen molar-refractivity contribution >= 4 is 22.3 Å². The lowest BCUT2D eigenvalue weighted by molar-refractivity contribution is -0.137. The fourth-order valence-electron chi connectivity index (χ4n) is 2.99. The molecule has 0 radical (unpaired) electrons. The van der Waals surface area contributed by atoms with Gasteiger partial charge in [0.05, 0.1) is 18.2 Å². The summed E-state index contributed by atoms with van der Waals surface area (Å²) in [6.45, 7) is 3.65. The van der Waals surface area contributed by atoms with Gasteiger partial charge in [0.25, 0.3) is 0 Å². The molecule has 27 heavy (non-hydrogen) atoms. The average molecular weight is 375 g/mol. The number of ether oxygens (including phenoxy) is 1. The molecule has 0 aliphatic rings. The molecule has 1 heterocycles. The largest absolute Gasteiger partial charge is 0.497 e. The molecule has 0 saturated carbocycles. The Morgan fingerprint density at radius 1 is 1.11 bits per heavy atom. The number of halogens is 3. The number of nitrogens with one attached hydrogen (secondary N) is 1. The number of pyridine rings is 1. The van der Waals surface area contributed by atoms with Gasteiger partial charge in [0, 0.05) is 34.6 Å². The number of methoxy groups -OCH3 is 1. The van der Waals surface area contributed by atoms with Crippen LogP contribution >= 0.6 is 0 Å². The van der Waals surface area contributed by atoms with Gasteiger partial charge in [0.2, 0.25) is 0 Å². The predicted octanol–water partition coefficient (Wildman–Crippen LogP) is 5.33. The Morgan fingerprint density at radius 3 is 2.52 bits per heavy atom. The number of nitrogens with two attached hydrogens (primary N) is 1. The molecule has 0 aliphatic carbocycles. The zero-order chi connectivity index (χ0) is 19.8. The van der Waals surface area contributed by atoms with Crippen molar-refractivity contribution in [3.63, 3.8) is 0 Å². The van der Waals surface area contributed by atoms with E-state index in [1.165, 1.54) is 0 Å². The number of hydrogen-bond acceptors (Lipinski definition) is 4. The molecule has 3 aromatic rings. The minimum Gasteiger partial charge on any atom is -0.497 e. The molecule has 1 unspecified atom stereocenters. The van der Waals surface area contributed by atoms with E-state index in [9.17, 15) is 13.2 Å². The van der Waals surface area contributed by atoms with Gasteiger partial charge in [-0.2, -0.15) is 13.2 Å². The van der Waals surface area contributed by atoms with E-state index in [1.807, 2.05) is 31.2 Å². The van der Waals surface area contributed by atoms with E-state index in [-0.39, 0.29) is 11.7 Å². The number of rotatable bonds is 4. The number of aromatic nitrogens is 1. The number of benzene rings is 2. The number of hydrogen-bond donors (Lipinski definition) is 2. The van der Waals surface area contributed by atoms with Gasteiger partial charge in [-0.3, -0.25) is 4.98 Å². The Hall–Kier alpha value is -2.96. The smallest absolute Gasteiger partial charge is 0.416 e. The molecule has 0 saturated heterocycles. The number of anilines is 2. The first-order valence-electron chi connectivity index (χ1n) is 8.37. The Kier molecular flexibility index (Phi) is 4.87. The van der Waals surface area contributed by atoms with Crippen molar-refractivity contribution < 1.29 is 17.9 Å². The second-order valence-corrected chi connectivity index (χ2v) is 6.45. The van der Waals surface area contributed by atoms with E-state index in [1.54, 1.807) is 20.1 Å². The third-order valence-electron chi connectivity index (χ3n) is 4.32. The van der Waals surface area contributed by atoms with Gasteiger partial charge in [-0.1, -0.05) is 0 Å². The molecule has 1 atom stereocenters. The molecule has 3 N–H and O–H groups in total. The first-order chi connectivity index (χ1) is 12.7. The second kappa shape index (κ2) is 6.98. The second-order valence-electron chi connectivity index (χ2n) is 6.45. The fraction of sp³-hybridized carbons (Fsp3) is 0.250. The van der Waals surface area contributed by atoms with E-state index in [4.69, 9.17) is 10.5 Å². The van der Waals surface area contributed by atoms with Crippen LogP contribution in [-0.4, -0.2) is 12.1 Å². The lowest BCUT2D eigenvalue weighted by Gasteiger charge is -2.20.